The first-order chi connectivity index (χ1) is 9.55. The van der Waals surface area contributed by atoms with Gasteiger partial charge in [-0.3, -0.25) is 9.59 Å². The molecule has 2 aromatic rings. The fourth-order valence-electron chi connectivity index (χ4n) is 1.91. The number of benzene rings is 1. The minimum absolute atomic E-state index is 0.0260. The zero-order valence-corrected chi connectivity index (χ0v) is 12.0. The van der Waals surface area contributed by atoms with Crippen molar-refractivity contribution in [1.29, 1.82) is 0 Å². The number of methoxy groups -OCH3 is 1. The third kappa shape index (κ3) is 2.91. The summed E-state index contributed by atoms with van der Waals surface area (Å²) >= 11 is 1.36. The number of Topliss-reactive ketones (excluding diaryl/α,β-unsaturated/α-hetero) is 1. The number of aliphatic carboxylic acids is 1. The Morgan fingerprint density at radius 3 is 2.65 bits per heavy atom. The summed E-state index contributed by atoms with van der Waals surface area (Å²) in [6, 6.07) is 5.59. The summed E-state index contributed by atoms with van der Waals surface area (Å²) in [4.78, 5) is 23.0. The van der Waals surface area contributed by atoms with Gasteiger partial charge in [0.2, 0.25) is 0 Å². The summed E-state index contributed by atoms with van der Waals surface area (Å²) in [5, 5.41) is 12.6. The fourth-order valence-corrected chi connectivity index (χ4v) is 2.95. The lowest BCUT2D eigenvalue weighted by Gasteiger charge is -2.07. The van der Waals surface area contributed by atoms with Crippen molar-refractivity contribution in [2.45, 2.75) is 12.8 Å². The van der Waals surface area contributed by atoms with Gasteiger partial charge in [-0.15, -0.1) is 11.3 Å². The van der Waals surface area contributed by atoms with Crippen LogP contribution in [0.3, 0.4) is 0 Å². The van der Waals surface area contributed by atoms with Crippen LogP contribution in [-0.4, -0.2) is 31.0 Å². The summed E-state index contributed by atoms with van der Waals surface area (Å²) < 4.78 is 6.22. The highest BCUT2D eigenvalue weighted by Crippen LogP contribution is 2.35. The molecule has 1 heterocycles. The van der Waals surface area contributed by atoms with Crippen molar-refractivity contribution in [3.63, 3.8) is 0 Å². The lowest BCUT2D eigenvalue weighted by atomic mass is 10.1. The molecule has 0 aliphatic rings. The van der Waals surface area contributed by atoms with Gasteiger partial charge in [0.1, 0.15) is 5.75 Å². The molecule has 0 fully saturated rings. The van der Waals surface area contributed by atoms with Gasteiger partial charge in [0.25, 0.3) is 0 Å². The number of fused-ring (bicyclic) bond motifs is 1. The van der Waals surface area contributed by atoms with Gasteiger partial charge in [0.15, 0.2) is 5.78 Å². The van der Waals surface area contributed by atoms with E-state index in [9.17, 15) is 9.59 Å². The Bertz CT molecular complexity index is 621. The molecule has 20 heavy (non-hydrogen) atoms. The second kappa shape index (κ2) is 5.92. The molecule has 2 rings (SSSR count). The molecule has 0 amide bonds. The molecule has 0 radical (unpaired) electrons. The Balaban J connectivity index is 2.33. The molecule has 0 aliphatic carbocycles. The van der Waals surface area contributed by atoms with Gasteiger partial charge in [-0.05, 0) is 17.5 Å². The molecule has 106 valence electrons. The molecule has 0 saturated heterocycles. The third-order valence-corrected chi connectivity index (χ3v) is 4.09. The second-order valence-corrected chi connectivity index (χ2v) is 5.35. The molecule has 0 bridgehead atoms. The highest BCUT2D eigenvalue weighted by molar-refractivity contribution is 7.20. The van der Waals surface area contributed by atoms with E-state index in [0.29, 0.717) is 10.6 Å². The molecular formula is C14H15NO4S. The number of carboxylic acids is 1. The summed E-state index contributed by atoms with van der Waals surface area (Å²) in [5.74, 6) is -0.386. The largest absolute Gasteiger partial charge is 0.495 e. The quantitative estimate of drug-likeness (QED) is 0.801. The Kier molecular flexibility index (Phi) is 4.24. The number of anilines is 1. The van der Waals surface area contributed by atoms with Crippen molar-refractivity contribution in [3.8, 4) is 5.75 Å². The number of carboxylic acid groups (broad SMARTS) is 1. The number of nitrogens with one attached hydrogen (secondary N) is 1. The van der Waals surface area contributed by atoms with Crippen LogP contribution in [-0.2, 0) is 4.79 Å². The number of hydrogen-bond donors (Lipinski definition) is 2. The molecule has 1 aromatic heterocycles. The SMILES string of the molecule is CNc1cc2cc(C(=O)CCC(=O)O)sc2cc1OC. The number of thiophene rings is 1. The Hall–Kier alpha value is -2.08. The summed E-state index contributed by atoms with van der Waals surface area (Å²) in [5.41, 5.74) is 0.849. The molecule has 6 heteroatoms. The van der Waals surface area contributed by atoms with Gasteiger partial charge in [-0.25, -0.2) is 0 Å². The van der Waals surface area contributed by atoms with E-state index in [1.54, 1.807) is 20.2 Å². The van der Waals surface area contributed by atoms with Gasteiger partial charge in [-0.1, -0.05) is 0 Å². The van der Waals surface area contributed by atoms with Crippen molar-refractivity contribution >= 4 is 38.9 Å². The zero-order valence-electron chi connectivity index (χ0n) is 11.2. The normalized spacial score (nSPS) is 10.5. The maximum atomic E-state index is 11.9. The zero-order chi connectivity index (χ0) is 14.7. The number of rotatable bonds is 6. The molecule has 5 nitrogen and oxygen atoms in total. The van der Waals surface area contributed by atoms with Crippen LogP contribution < -0.4 is 10.1 Å². The van der Waals surface area contributed by atoms with Crippen LogP contribution in [0.25, 0.3) is 10.1 Å². The van der Waals surface area contributed by atoms with E-state index >= 15 is 0 Å². The predicted octanol–water partition coefficient (Wildman–Crippen LogP) is 3.00. The maximum Gasteiger partial charge on any atom is 0.303 e. The van der Waals surface area contributed by atoms with Crippen LogP contribution in [0.5, 0.6) is 5.75 Å². The lowest BCUT2D eigenvalue weighted by Crippen LogP contribution is -2.01. The molecule has 0 spiro atoms. The number of hydrogen-bond acceptors (Lipinski definition) is 5. The molecule has 0 aliphatic heterocycles. The average Bonchev–Trinajstić information content (AvgIpc) is 2.85. The van der Waals surface area contributed by atoms with E-state index < -0.39 is 5.97 Å². The first kappa shape index (κ1) is 14.3. The summed E-state index contributed by atoms with van der Waals surface area (Å²) in [6.07, 6.45) is -0.115. The highest BCUT2D eigenvalue weighted by Gasteiger charge is 2.14. The van der Waals surface area contributed by atoms with Crippen LogP contribution in [0.4, 0.5) is 5.69 Å². The molecule has 0 atom stereocenters. The van der Waals surface area contributed by atoms with Crippen molar-refractivity contribution in [2.75, 3.05) is 19.5 Å². The number of carbonyl (C=O) groups excluding carboxylic acids is 1. The van der Waals surface area contributed by atoms with Crippen LogP contribution in [0.15, 0.2) is 18.2 Å². The van der Waals surface area contributed by atoms with Gasteiger partial charge in [-0.2, -0.15) is 0 Å². The van der Waals surface area contributed by atoms with Gasteiger partial charge in [0, 0.05) is 24.2 Å². The van der Waals surface area contributed by atoms with Crippen LogP contribution in [0, 0.1) is 0 Å². The predicted molar refractivity (Wildman–Crippen MR) is 79.1 cm³/mol. The second-order valence-electron chi connectivity index (χ2n) is 4.27. The van der Waals surface area contributed by atoms with E-state index in [4.69, 9.17) is 9.84 Å². The van der Waals surface area contributed by atoms with E-state index in [1.807, 2.05) is 12.1 Å². The van der Waals surface area contributed by atoms with E-state index in [2.05, 4.69) is 5.32 Å². The van der Waals surface area contributed by atoms with Gasteiger partial charge in [0.05, 0.1) is 24.1 Å². The fraction of sp³-hybridized carbons (Fsp3) is 0.286. The summed E-state index contributed by atoms with van der Waals surface area (Å²) in [6.45, 7) is 0. The third-order valence-electron chi connectivity index (χ3n) is 2.95. The van der Waals surface area contributed by atoms with Crippen molar-refractivity contribution in [1.82, 2.24) is 0 Å². The topological polar surface area (TPSA) is 75.6 Å². The number of carbonyl (C=O) groups is 2. The lowest BCUT2D eigenvalue weighted by molar-refractivity contribution is -0.136. The molecule has 1 aromatic carbocycles. The van der Waals surface area contributed by atoms with Gasteiger partial charge < -0.3 is 15.2 Å². The van der Waals surface area contributed by atoms with Gasteiger partial charge >= 0.3 is 5.97 Å². The Labute approximate surface area is 120 Å². The monoisotopic (exact) mass is 293 g/mol. The summed E-state index contributed by atoms with van der Waals surface area (Å²) in [7, 11) is 3.39. The average molecular weight is 293 g/mol. The minimum Gasteiger partial charge on any atom is -0.495 e. The first-order valence-corrected chi connectivity index (χ1v) is 6.91. The van der Waals surface area contributed by atoms with Crippen LogP contribution >= 0.6 is 11.3 Å². The minimum atomic E-state index is -0.960. The van der Waals surface area contributed by atoms with E-state index in [-0.39, 0.29) is 18.6 Å². The maximum absolute atomic E-state index is 11.9. The Morgan fingerprint density at radius 1 is 1.30 bits per heavy atom. The van der Waals surface area contributed by atoms with E-state index in [0.717, 1.165) is 15.8 Å². The molecule has 0 saturated carbocycles. The first-order valence-electron chi connectivity index (χ1n) is 6.09. The molecule has 2 N–H and O–H groups in total. The standard InChI is InChI=1S/C14H15NO4S/c1-15-9-5-8-6-13(10(16)3-4-14(17)18)20-12(8)7-11(9)19-2/h5-7,15H,3-4H2,1-2H3,(H,17,18). The molecular weight excluding hydrogens is 278 g/mol. The number of ether oxygens (including phenoxy) is 1. The highest BCUT2D eigenvalue weighted by atomic mass is 32.1. The number of ketones is 1. The van der Waals surface area contributed by atoms with Crippen LogP contribution in [0.2, 0.25) is 0 Å². The van der Waals surface area contributed by atoms with Crippen molar-refractivity contribution in [3.05, 3.63) is 23.1 Å². The molecule has 0 unspecified atom stereocenters. The van der Waals surface area contributed by atoms with Crippen LogP contribution in [0.1, 0.15) is 22.5 Å². The smallest absolute Gasteiger partial charge is 0.303 e. The van der Waals surface area contributed by atoms with Crippen molar-refractivity contribution < 1.29 is 19.4 Å². The Morgan fingerprint density at radius 2 is 2.05 bits per heavy atom. The van der Waals surface area contributed by atoms with Crippen molar-refractivity contribution in [2.24, 2.45) is 0 Å². The van der Waals surface area contributed by atoms with E-state index in [1.165, 1.54) is 11.3 Å².